The Kier molecular flexibility index (Phi) is 19.2. The molecule has 12 fully saturated rings. The van der Waals surface area contributed by atoms with Crippen LogP contribution in [0.25, 0.3) is 0 Å². The maximum Gasteiger partial charge on any atom is 0.232 e. The Morgan fingerprint density at radius 2 is 0.662 bits per heavy atom. The summed E-state index contributed by atoms with van der Waals surface area (Å²) in [7, 11) is 5.85. The summed E-state index contributed by atoms with van der Waals surface area (Å²) in [6, 6.07) is 6.91. The van der Waals surface area contributed by atoms with E-state index in [4.69, 9.17) is 0 Å². The molecule has 0 radical (unpaired) electrons. The van der Waals surface area contributed by atoms with Crippen molar-refractivity contribution in [3.8, 4) is 0 Å². The molecule has 1 aromatic carbocycles. The second-order valence-electron chi connectivity index (χ2n) is 27.9. The summed E-state index contributed by atoms with van der Waals surface area (Å²) in [5.74, 6) is 6.75. The summed E-state index contributed by atoms with van der Waals surface area (Å²) in [5.41, 5.74) is 4.12. The number of amides is 6. The van der Waals surface area contributed by atoms with Crippen LogP contribution in [-0.2, 0) is 41.6 Å². The molecule has 12 aliphatic rings. The second kappa shape index (κ2) is 25.7. The number of aryl methyl sites for hydroxylation is 3. The van der Waals surface area contributed by atoms with Crippen LogP contribution < -0.4 is 16.0 Å². The van der Waals surface area contributed by atoms with E-state index in [0.29, 0.717) is 19.6 Å². The molecule has 0 spiro atoms. The van der Waals surface area contributed by atoms with E-state index < -0.39 is 0 Å². The molecule has 0 saturated heterocycles. The lowest BCUT2D eigenvalue weighted by atomic mass is 9.52. The van der Waals surface area contributed by atoms with Gasteiger partial charge in [-0.2, -0.15) is 0 Å². The highest BCUT2D eigenvalue weighted by Gasteiger charge is 2.56. The summed E-state index contributed by atoms with van der Waals surface area (Å²) >= 11 is 0. The van der Waals surface area contributed by atoms with Gasteiger partial charge < -0.3 is 30.7 Å². The van der Waals surface area contributed by atoms with Crippen molar-refractivity contribution < 1.29 is 28.8 Å². The van der Waals surface area contributed by atoms with Crippen LogP contribution in [0.15, 0.2) is 18.2 Å². The topological polar surface area (TPSA) is 148 Å². The van der Waals surface area contributed by atoms with E-state index in [0.717, 1.165) is 156 Å². The molecule has 12 bridgehead atoms. The van der Waals surface area contributed by atoms with Crippen LogP contribution in [0, 0.1) is 60.2 Å². The first kappa shape index (κ1) is 57.7. The van der Waals surface area contributed by atoms with Gasteiger partial charge in [0.1, 0.15) is 19.3 Å². The Bertz CT molecular complexity index is 2030. The molecule has 3 N–H and O–H groups in total. The van der Waals surface area contributed by atoms with E-state index in [2.05, 4.69) is 48.0 Å². The largest absolute Gasteiger partial charge is 0.356 e. The van der Waals surface area contributed by atoms with Gasteiger partial charge in [0.15, 0.2) is 0 Å². The number of carbonyl (C=O) groups is 6. The predicted octanol–water partition coefficient (Wildman–Crippen LogP) is 10.8. The molecule has 0 aromatic heterocycles. The number of nitrogens with one attached hydrogen (secondary N) is 3. The van der Waals surface area contributed by atoms with Gasteiger partial charge in [-0.15, -0.1) is 0 Å². The van der Waals surface area contributed by atoms with Crippen LogP contribution in [0.2, 0.25) is 0 Å². The molecule has 6 amide bonds. The molecule has 13 rings (SSSR count). The fourth-order valence-corrected chi connectivity index (χ4v) is 18.9. The van der Waals surface area contributed by atoms with Gasteiger partial charge in [0.25, 0.3) is 0 Å². The van der Waals surface area contributed by atoms with Gasteiger partial charge >= 0.3 is 0 Å². The molecule has 0 heterocycles. The highest BCUT2D eigenvalue weighted by Crippen LogP contribution is 2.60. The van der Waals surface area contributed by atoms with Gasteiger partial charge in [-0.05, 0) is 232 Å². The fourth-order valence-electron chi connectivity index (χ4n) is 18.9. The zero-order valence-corrected chi connectivity index (χ0v) is 48.7. The number of carbonyl (C=O) groups excluding carboxylic acids is 6. The highest BCUT2D eigenvalue weighted by atomic mass is 16.2. The van der Waals surface area contributed by atoms with Crippen molar-refractivity contribution >= 4 is 35.4 Å². The average Bonchev–Trinajstić information content (AvgIpc) is 3.41. The van der Waals surface area contributed by atoms with Gasteiger partial charge in [-0.3, -0.25) is 28.8 Å². The Hall–Kier alpha value is -3.96. The maximum absolute atomic E-state index is 13.1. The molecule has 12 heteroatoms. The molecule has 12 aliphatic carbocycles. The van der Waals surface area contributed by atoms with E-state index in [9.17, 15) is 28.8 Å². The third kappa shape index (κ3) is 14.5. The maximum atomic E-state index is 13.1. The van der Waals surface area contributed by atoms with Gasteiger partial charge in [0.05, 0.1) is 0 Å². The standard InChI is InChI=1S/C45H68N4O4.C20H34N2O2/c1-31-14-32(10-6-4-8-12-46-40(50)23-42(52)48(2)44-25-34-17-35(26-44)19-36(18-34)27-44)16-33(15-31)11-7-5-9-13-47-41(51)24-43(53)49(3)45-28-37-20-38(29-45)22-39(21-37)30-45;1-3-4-5-6-7-21-18(23)11-19(24)22(2)20-12-15-8-16(13-20)10-17(9-15)14-20/h14-16,34-39H,4-13,17-30H2,1-3H3,(H,46,50)(H,47,51);15-17H,3-14H2,1-2H3,(H,21,23). The molecule has 1 aromatic rings. The lowest BCUT2D eigenvalue weighted by molar-refractivity contribution is -0.150. The first-order chi connectivity index (χ1) is 37.0. The molecule has 0 unspecified atom stereocenters. The van der Waals surface area contributed by atoms with E-state index >= 15 is 0 Å². The second-order valence-corrected chi connectivity index (χ2v) is 27.9. The van der Waals surface area contributed by atoms with Gasteiger partial charge in [-0.1, -0.05) is 62.8 Å². The third-order valence-electron chi connectivity index (χ3n) is 21.7. The number of hydrogen-bond acceptors (Lipinski definition) is 6. The minimum Gasteiger partial charge on any atom is -0.356 e. The smallest absolute Gasteiger partial charge is 0.232 e. The van der Waals surface area contributed by atoms with Crippen LogP contribution in [0.5, 0.6) is 0 Å². The SMILES string of the molecule is CCCCCCNC(=O)CC(=O)N(C)C12CC3CC(CC(C3)C1)C2.Cc1cc(CCCCCNC(=O)CC(=O)N(C)C23CC4CC(CC(C4)C2)C3)cc(CCCCCNC(=O)CC(=O)N(C)C23CC4CC(CC(C4)C2)C3)c1. The number of rotatable bonds is 26. The molecular formula is C65H102N6O6. The Labute approximate surface area is 464 Å². The number of nitrogens with zero attached hydrogens (tertiary/aromatic N) is 3. The highest BCUT2D eigenvalue weighted by molar-refractivity contribution is 5.98. The summed E-state index contributed by atoms with van der Waals surface area (Å²) in [6.07, 6.45) is 35.2. The monoisotopic (exact) mass is 1060 g/mol. The minimum atomic E-state index is -0.136. The van der Waals surface area contributed by atoms with Gasteiger partial charge in [0, 0.05) is 57.4 Å². The van der Waals surface area contributed by atoms with Crippen molar-refractivity contribution in [1.29, 1.82) is 0 Å². The predicted molar refractivity (Wildman–Crippen MR) is 304 cm³/mol. The fraction of sp³-hybridized carbons (Fsp3) is 0.815. The minimum absolute atomic E-state index is 0.00869. The van der Waals surface area contributed by atoms with Crippen LogP contribution in [0.1, 0.15) is 223 Å². The van der Waals surface area contributed by atoms with E-state index in [-0.39, 0.29) is 71.3 Å². The first-order valence-corrected chi connectivity index (χ1v) is 31.7. The Morgan fingerprint density at radius 3 is 0.922 bits per heavy atom. The molecule has 77 heavy (non-hydrogen) atoms. The summed E-state index contributed by atoms with van der Waals surface area (Å²) in [6.45, 7) is 6.30. The van der Waals surface area contributed by atoms with Crippen molar-refractivity contribution in [3.63, 3.8) is 0 Å². The van der Waals surface area contributed by atoms with Crippen molar-refractivity contribution in [2.75, 3.05) is 40.8 Å². The van der Waals surface area contributed by atoms with Gasteiger partial charge in [-0.25, -0.2) is 0 Å². The lowest BCUT2D eigenvalue weighted by Gasteiger charge is -2.59. The number of benzene rings is 1. The lowest BCUT2D eigenvalue weighted by Crippen LogP contribution is -2.60. The number of hydrogen-bond donors (Lipinski definition) is 3. The molecule has 428 valence electrons. The van der Waals surface area contributed by atoms with E-state index in [1.54, 1.807) is 0 Å². The molecule has 12 saturated carbocycles. The van der Waals surface area contributed by atoms with Crippen molar-refractivity contribution in [3.05, 3.63) is 34.9 Å². The molecule has 0 atom stereocenters. The summed E-state index contributed by atoms with van der Waals surface area (Å²) in [5, 5.41) is 8.94. The van der Waals surface area contributed by atoms with Crippen molar-refractivity contribution in [2.24, 2.45) is 53.3 Å². The molecule has 12 nitrogen and oxygen atoms in total. The molecular weight excluding hydrogens is 961 g/mol. The quantitative estimate of drug-likeness (QED) is 0.0622. The van der Waals surface area contributed by atoms with Gasteiger partial charge in [0.2, 0.25) is 35.4 Å². The van der Waals surface area contributed by atoms with E-state index in [1.165, 1.54) is 107 Å². The molecule has 0 aliphatic heterocycles. The normalized spacial score (nSPS) is 32.3. The zero-order valence-electron chi connectivity index (χ0n) is 48.7. The Balaban J connectivity index is 0.000000251. The number of unbranched alkanes of at least 4 members (excludes halogenated alkanes) is 7. The Morgan fingerprint density at radius 1 is 0.403 bits per heavy atom. The zero-order chi connectivity index (χ0) is 54.3. The van der Waals surface area contributed by atoms with Crippen LogP contribution in [-0.4, -0.2) is 108 Å². The third-order valence-corrected chi connectivity index (χ3v) is 21.7. The first-order valence-electron chi connectivity index (χ1n) is 31.7. The van der Waals surface area contributed by atoms with Crippen LogP contribution >= 0.6 is 0 Å². The van der Waals surface area contributed by atoms with Crippen LogP contribution in [0.4, 0.5) is 0 Å². The average molecular weight is 1060 g/mol. The summed E-state index contributed by atoms with van der Waals surface area (Å²) in [4.78, 5) is 82.2. The van der Waals surface area contributed by atoms with Crippen LogP contribution in [0.3, 0.4) is 0 Å². The summed E-state index contributed by atoms with van der Waals surface area (Å²) < 4.78 is 0. The van der Waals surface area contributed by atoms with E-state index in [1.807, 2.05) is 35.8 Å². The van der Waals surface area contributed by atoms with Crippen molar-refractivity contribution in [2.45, 2.75) is 242 Å². The van der Waals surface area contributed by atoms with Crippen molar-refractivity contribution in [1.82, 2.24) is 30.7 Å².